The number of hydrogen-bond donors (Lipinski definition) is 2. The van der Waals surface area contributed by atoms with Crippen molar-refractivity contribution in [3.63, 3.8) is 0 Å². The maximum Gasteiger partial charge on any atom is 0.300 e. The lowest BCUT2D eigenvalue weighted by molar-refractivity contribution is -0.654. The summed E-state index contributed by atoms with van der Waals surface area (Å²) in [7, 11) is 1.73. The largest absolute Gasteiger partial charge is 0.316 e. The Morgan fingerprint density at radius 3 is 2.67 bits per heavy atom. The van der Waals surface area contributed by atoms with Gasteiger partial charge in [0.25, 0.3) is 5.82 Å². The molecule has 0 radical (unpaired) electrons. The molecule has 1 aromatic heterocycles. The van der Waals surface area contributed by atoms with Crippen LogP contribution < -0.4 is 21.0 Å². The molecule has 0 saturated heterocycles. The highest BCUT2D eigenvalue weighted by molar-refractivity contribution is 5.93. The summed E-state index contributed by atoms with van der Waals surface area (Å²) in [5.74, 6) is -0.0968. The van der Waals surface area contributed by atoms with Gasteiger partial charge in [0.1, 0.15) is 0 Å². The van der Waals surface area contributed by atoms with Crippen molar-refractivity contribution in [2.45, 2.75) is 6.92 Å². The zero-order valence-corrected chi connectivity index (χ0v) is 10.2. The van der Waals surface area contributed by atoms with Crippen LogP contribution in [0, 0.1) is 0 Å². The number of carbonyl (C=O) groups is 1. The summed E-state index contributed by atoms with van der Waals surface area (Å²) in [6.45, 7) is 1.34. The van der Waals surface area contributed by atoms with Gasteiger partial charge in [0.05, 0.1) is 13.2 Å². The molecule has 1 heterocycles. The highest BCUT2D eigenvalue weighted by Crippen LogP contribution is 2.13. The van der Waals surface area contributed by atoms with Crippen molar-refractivity contribution >= 4 is 28.2 Å². The van der Waals surface area contributed by atoms with Crippen LogP contribution in [0.4, 0.5) is 11.5 Å². The quantitative estimate of drug-likeness (QED) is 0.720. The summed E-state index contributed by atoms with van der Waals surface area (Å²) in [5, 5.41) is 3.79. The molecule has 0 bridgehead atoms. The average Bonchev–Trinajstić information content (AvgIpc) is 2.41. The van der Waals surface area contributed by atoms with Gasteiger partial charge in [-0.2, -0.15) is 0 Å². The van der Waals surface area contributed by atoms with Gasteiger partial charge >= 0.3 is 0 Å². The van der Waals surface area contributed by atoms with E-state index in [1.807, 2.05) is 12.1 Å². The van der Waals surface area contributed by atoms with Gasteiger partial charge in [0.15, 0.2) is 5.69 Å². The van der Waals surface area contributed by atoms with E-state index in [0.29, 0.717) is 5.39 Å². The lowest BCUT2D eigenvalue weighted by Gasteiger charge is -1.98. The fourth-order valence-electron chi connectivity index (χ4n) is 1.82. The standard InChI is InChI=1S/C13H13N3O2/c1-8(17)15-11-12(18)10-6-4-3-5-9(10)7-16(2)13(11)14/h3-7,14,18H,1-2H3/p+1. The summed E-state index contributed by atoms with van der Waals surface area (Å²) < 4.78 is 1.62. The molecule has 1 aromatic carbocycles. The molecule has 0 spiro atoms. The van der Waals surface area contributed by atoms with E-state index in [1.54, 1.807) is 29.9 Å². The minimum atomic E-state index is -0.325. The Kier molecular flexibility index (Phi) is 2.97. The molecule has 0 aliphatic carbocycles. The smallest absolute Gasteiger partial charge is 0.300 e. The first-order chi connectivity index (χ1) is 8.50. The number of nitrogens with one attached hydrogen (secondary N) is 1. The minimum absolute atomic E-state index is 0.117. The molecule has 5 nitrogen and oxygen atoms in total. The predicted octanol–water partition coefficient (Wildman–Crippen LogP) is 0.565. The first-order valence-corrected chi connectivity index (χ1v) is 5.49. The van der Waals surface area contributed by atoms with Crippen LogP contribution in [-0.4, -0.2) is 5.91 Å². The zero-order chi connectivity index (χ0) is 13.3. The minimum Gasteiger partial charge on any atom is -0.316 e. The molecule has 5 heteroatoms. The molecule has 0 fully saturated rings. The molecule has 1 amide bonds. The number of amides is 1. The number of anilines is 2. The third-order valence-corrected chi connectivity index (χ3v) is 2.70. The highest BCUT2D eigenvalue weighted by atomic mass is 16.2. The Hall–Kier alpha value is -2.43. The van der Waals surface area contributed by atoms with Crippen LogP contribution in [0.25, 0.3) is 10.8 Å². The lowest BCUT2D eigenvalue weighted by atomic mass is 10.2. The molecule has 2 rings (SSSR count). The second-order valence-electron chi connectivity index (χ2n) is 4.10. The topological polar surface area (TPSA) is 76.1 Å². The van der Waals surface area contributed by atoms with E-state index in [1.165, 1.54) is 6.92 Å². The van der Waals surface area contributed by atoms with E-state index in [-0.39, 0.29) is 22.8 Å². The second kappa shape index (κ2) is 4.44. The summed E-state index contributed by atoms with van der Waals surface area (Å²) >= 11 is 0. The molecule has 92 valence electrons. The molecule has 0 aliphatic heterocycles. The van der Waals surface area contributed by atoms with E-state index in [0.717, 1.165) is 5.39 Å². The maximum atomic E-state index is 12.3. The number of nitrogens with two attached hydrogens (primary N) is 1. The molecule has 3 N–H and O–H groups in total. The molecular formula is C13H14N3O2+. The van der Waals surface area contributed by atoms with Gasteiger partial charge in [-0.3, -0.25) is 15.3 Å². The van der Waals surface area contributed by atoms with Crippen LogP contribution in [0.15, 0.2) is 35.3 Å². The SMILES string of the molecule is CC(=O)Nc1c(N)[n+](C)cc2ccccc2c1=O. The first-order valence-electron chi connectivity index (χ1n) is 5.49. The van der Waals surface area contributed by atoms with Crippen LogP contribution >= 0.6 is 0 Å². The van der Waals surface area contributed by atoms with Gasteiger partial charge in [-0.05, 0) is 0 Å². The third kappa shape index (κ3) is 2.02. The monoisotopic (exact) mass is 244 g/mol. The number of hydrogen-bond acceptors (Lipinski definition) is 3. The van der Waals surface area contributed by atoms with E-state index in [9.17, 15) is 9.59 Å². The number of aryl methyl sites for hydroxylation is 1. The lowest BCUT2D eigenvalue weighted by Crippen LogP contribution is -2.32. The number of nitrogen functional groups attached to an aromatic ring is 1. The normalized spacial score (nSPS) is 10.3. The fourth-order valence-corrected chi connectivity index (χ4v) is 1.82. The van der Waals surface area contributed by atoms with Crippen molar-refractivity contribution in [1.29, 1.82) is 0 Å². The van der Waals surface area contributed by atoms with Gasteiger partial charge < -0.3 is 5.32 Å². The Bertz CT molecular complexity index is 696. The van der Waals surface area contributed by atoms with Gasteiger partial charge in [-0.1, -0.05) is 24.3 Å². The van der Waals surface area contributed by atoms with Crippen LogP contribution in [0.3, 0.4) is 0 Å². The fraction of sp³-hybridized carbons (Fsp3) is 0.154. The third-order valence-electron chi connectivity index (χ3n) is 2.70. The van der Waals surface area contributed by atoms with Gasteiger partial charge in [-0.15, -0.1) is 0 Å². The Morgan fingerprint density at radius 1 is 1.33 bits per heavy atom. The van der Waals surface area contributed by atoms with E-state index in [2.05, 4.69) is 5.32 Å². The summed E-state index contributed by atoms with van der Waals surface area (Å²) in [5.41, 5.74) is 5.72. The highest BCUT2D eigenvalue weighted by Gasteiger charge is 2.15. The molecule has 2 aromatic rings. The van der Waals surface area contributed by atoms with Crippen LogP contribution in [0.1, 0.15) is 6.92 Å². The molecule has 0 aliphatic rings. The van der Waals surface area contributed by atoms with E-state index >= 15 is 0 Å². The van der Waals surface area contributed by atoms with Crippen molar-refractivity contribution in [2.24, 2.45) is 7.05 Å². The number of fused-ring (bicyclic) bond motifs is 1. The average molecular weight is 244 g/mol. The number of carbonyl (C=O) groups excluding carboxylic acids is 1. The molecule has 0 unspecified atom stereocenters. The van der Waals surface area contributed by atoms with Gasteiger partial charge in [0, 0.05) is 17.7 Å². The summed E-state index contributed by atoms with van der Waals surface area (Å²) in [4.78, 5) is 23.5. The number of benzene rings is 1. The second-order valence-corrected chi connectivity index (χ2v) is 4.10. The van der Waals surface area contributed by atoms with E-state index in [4.69, 9.17) is 5.73 Å². The van der Waals surface area contributed by atoms with Crippen LogP contribution in [0.2, 0.25) is 0 Å². The number of aromatic nitrogens is 1. The molecule has 0 atom stereocenters. The Morgan fingerprint density at radius 2 is 2.00 bits per heavy atom. The van der Waals surface area contributed by atoms with Crippen molar-refractivity contribution in [1.82, 2.24) is 0 Å². The van der Waals surface area contributed by atoms with E-state index < -0.39 is 0 Å². The molecular weight excluding hydrogens is 230 g/mol. The number of nitrogens with zero attached hydrogens (tertiary/aromatic N) is 1. The molecule has 18 heavy (non-hydrogen) atoms. The van der Waals surface area contributed by atoms with Crippen molar-refractivity contribution in [3.05, 3.63) is 40.7 Å². The number of rotatable bonds is 1. The van der Waals surface area contributed by atoms with Crippen molar-refractivity contribution in [3.8, 4) is 0 Å². The molecule has 0 saturated carbocycles. The van der Waals surface area contributed by atoms with Crippen LogP contribution in [-0.2, 0) is 11.8 Å². The van der Waals surface area contributed by atoms with Gasteiger partial charge in [0.2, 0.25) is 11.3 Å². The zero-order valence-electron chi connectivity index (χ0n) is 10.2. The van der Waals surface area contributed by atoms with Crippen LogP contribution in [0.5, 0.6) is 0 Å². The van der Waals surface area contributed by atoms with Crippen molar-refractivity contribution in [2.75, 3.05) is 11.1 Å². The summed E-state index contributed by atoms with van der Waals surface area (Å²) in [6.07, 6.45) is 1.76. The Labute approximate surface area is 104 Å². The predicted molar refractivity (Wildman–Crippen MR) is 70.1 cm³/mol. The van der Waals surface area contributed by atoms with Gasteiger partial charge in [-0.25, -0.2) is 4.57 Å². The van der Waals surface area contributed by atoms with Crippen molar-refractivity contribution < 1.29 is 9.36 Å². The first kappa shape index (κ1) is 12.0. The Balaban J connectivity index is 2.94. The maximum absolute atomic E-state index is 12.3. The summed E-state index contributed by atoms with van der Waals surface area (Å²) in [6, 6.07) is 7.16.